The standard InChI is InChI=1S/C24H27N5O/c1-27(2)20-9-5-18(6-10-20)24(19-7-11-21(12-8-19)28(3)4)14-13-17-16-26-29(23(25)30)22(17)15-24/h5-14,16H,15H2,1-4H3,(H2,25,30). The molecular weight excluding hydrogens is 374 g/mol. The fourth-order valence-corrected chi connectivity index (χ4v) is 4.12. The molecule has 0 atom stereocenters. The molecule has 0 aliphatic heterocycles. The van der Waals surface area contributed by atoms with Crippen molar-refractivity contribution in [3.63, 3.8) is 0 Å². The Morgan fingerprint density at radius 2 is 1.43 bits per heavy atom. The summed E-state index contributed by atoms with van der Waals surface area (Å²) in [5, 5.41) is 4.20. The summed E-state index contributed by atoms with van der Waals surface area (Å²) in [5.74, 6) is 0. The average Bonchev–Trinajstić information content (AvgIpc) is 3.17. The summed E-state index contributed by atoms with van der Waals surface area (Å²) >= 11 is 0. The molecule has 0 fully saturated rings. The molecule has 2 aromatic carbocycles. The molecule has 6 nitrogen and oxygen atoms in total. The molecular formula is C24H27N5O. The minimum Gasteiger partial charge on any atom is -0.378 e. The fraction of sp³-hybridized carbons (Fsp3) is 0.250. The number of hydrogen-bond acceptors (Lipinski definition) is 4. The first kappa shape index (κ1) is 19.8. The molecule has 1 aliphatic rings. The SMILES string of the molecule is CN(C)c1ccc(C2(c3ccc(N(C)C)cc3)C=Cc3cnn(C(N)=O)c3C2)cc1. The number of primary amides is 1. The average molecular weight is 402 g/mol. The van der Waals surface area contributed by atoms with Gasteiger partial charge in [0.15, 0.2) is 0 Å². The third kappa shape index (κ3) is 3.24. The number of aromatic nitrogens is 2. The van der Waals surface area contributed by atoms with Crippen molar-refractivity contribution in [3.05, 3.63) is 83.2 Å². The van der Waals surface area contributed by atoms with Crippen LogP contribution >= 0.6 is 0 Å². The highest BCUT2D eigenvalue weighted by molar-refractivity contribution is 5.77. The van der Waals surface area contributed by atoms with Gasteiger partial charge in [0, 0.05) is 57.0 Å². The number of anilines is 2. The number of fused-ring (bicyclic) bond motifs is 1. The summed E-state index contributed by atoms with van der Waals surface area (Å²) in [5.41, 5.74) is 11.5. The van der Waals surface area contributed by atoms with Gasteiger partial charge in [0.05, 0.1) is 11.9 Å². The molecule has 1 heterocycles. The van der Waals surface area contributed by atoms with Crippen molar-refractivity contribution >= 4 is 23.5 Å². The first-order chi connectivity index (χ1) is 14.3. The van der Waals surface area contributed by atoms with Crippen LogP contribution in [-0.4, -0.2) is 44.0 Å². The number of allylic oxidation sites excluding steroid dienone is 1. The van der Waals surface area contributed by atoms with Gasteiger partial charge in [-0.15, -0.1) is 0 Å². The van der Waals surface area contributed by atoms with E-state index >= 15 is 0 Å². The lowest BCUT2D eigenvalue weighted by Crippen LogP contribution is -2.33. The van der Waals surface area contributed by atoms with Gasteiger partial charge in [-0.05, 0) is 35.4 Å². The van der Waals surface area contributed by atoms with Gasteiger partial charge in [-0.25, -0.2) is 4.79 Å². The third-order valence-corrected chi connectivity index (χ3v) is 5.90. The van der Waals surface area contributed by atoms with Crippen LogP contribution in [0.2, 0.25) is 0 Å². The third-order valence-electron chi connectivity index (χ3n) is 5.90. The van der Waals surface area contributed by atoms with Crippen molar-refractivity contribution in [2.75, 3.05) is 38.0 Å². The Labute approximate surface area is 177 Å². The maximum Gasteiger partial charge on any atom is 0.339 e. The number of carbonyl (C=O) groups is 1. The topological polar surface area (TPSA) is 67.4 Å². The van der Waals surface area contributed by atoms with Crippen LogP contribution in [0.15, 0.2) is 60.8 Å². The lowest BCUT2D eigenvalue weighted by Gasteiger charge is -2.35. The number of rotatable bonds is 4. The second-order valence-electron chi connectivity index (χ2n) is 8.16. The molecule has 0 saturated carbocycles. The number of nitrogens with two attached hydrogens (primary N) is 1. The summed E-state index contributed by atoms with van der Waals surface area (Å²) < 4.78 is 1.32. The van der Waals surface area contributed by atoms with Gasteiger partial charge in [-0.1, -0.05) is 36.4 Å². The quantitative estimate of drug-likeness (QED) is 0.727. The van der Waals surface area contributed by atoms with E-state index < -0.39 is 11.4 Å². The Kier molecular flexibility index (Phi) is 4.86. The molecule has 0 radical (unpaired) electrons. The molecule has 1 amide bonds. The van der Waals surface area contributed by atoms with Crippen molar-refractivity contribution in [3.8, 4) is 0 Å². The zero-order valence-electron chi connectivity index (χ0n) is 17.8. The minimum absolute atomic E-state index is 0.421. The first-order valence-electron chi connectivity index (χ1n) is 9.93. The predicted octanol–water partition coefficient (Wildman–Crippen LogP) is 3.50. The molecule has 6 heteroatoms. The van der Waals surface area contributed by atoms with Crippen LogP contribution in [0.4, 0.5) is 16.2 Å². The molecule has 2 N–H and O–H groups in total. The number of carbonyl (C=O) groups excluding carboxylic acids is 1. The van der Waals surface area contributed by atoms with Crippen molar-refractivity contribution in [1.82, 2.24) is 9.78 Å². The monoisotopic (exact) mass is 401 g/mol. The second kappa shape index (κ2) is 7.37. The van der Waals surface area contributed by atoms with Crippen LogP contribution in [0.3, 0.4) is 0 Å². The molecule has 0 bridgehead atoms. The minimum atomic E-state index is -0.564. The summed E-state index contributed by atoms with van der Waals surface area (Å²) in [6, 6.07) is 16.6. The van der Waals surface area contributed by atoms with Gasteiger partial charge >= 0.3 is 6.03 Å². The van der Waals surface area contributed by atoms with E-state index in [9.17, 15) is 4.79 Å². The van der Waals surface area contributed by atoms with Crippen LogP contribution in [-0.2, 0) is 11.8 Å². The predicted molar refractivity (Wildman–Crippen MR) is 122 cm³/mol. The van der Waals surface area contributed by atoms with E-state index in [-0.39, 0.29) is 0 Å². The Morgan fingerprint density at radius 3 is 1.87 bits per heavy atom. The van der Waals surface area contributed by atoms with E-state index in [0.29, 0.717) is 6.42 Å². The number of benzene rings is 2. The second-order valence-corrected chi connectivity index (χ2v) is 8.16. The van der Waals surface area contributed by atoms with Gasteiger partial charge in [-0.3, -0.25) is 0 Å². The lowest BCUT2D eigenvalue weighted by molar-refractivity contribution is 0.246. The van der Waals surface area contributed by atoms with Crippen molar-refractivity contribution in [2.45, 2.75) is 11.8 Å². The van der Waals surface area contributed by atoms with Crippen LogP contribution in [0.25, 0.3) is 6.08 Å². The van der Waals surface area contributed by atoms with Gasteiger partial charge in [0.2, 0.25) is 0 Å². The fourth-order valence-electron chi connectivity index (χ4n) is 4.12. The lowest BCUT2D eigenvalue weighted by atomic mass is 9.68. The smallest absolute Gasteiger partial charge is 0.339 e. The van der Waals surface area contributed by atoms with Gasteiger partial charge in [0.25, 0.3) is 0 Å². The largest absolute Gasteiger partial charge is 0.378 e. The van der Waals surface area contributed by atoms with Crippen molar-refractivity contribution < 1.29 is 4.79 Å². The summed E-state index contributed by atoms with van der Waals surface area (Å²) in [4.78, 5) is 16.1. The van der Waals surface area contributed by atoms with Gasteiger partial charge < -0.3 is 15.5 Å². The Balaban J connectivity index is 1.87. The zero-order chi connectivity index (χ0) is 21.5. The Bertz CT molecular complexity index is 1040. The molecule has 1 aliphatic carbocycles. The highest BCUT2D eigenvalue weighted by Gasteiger charge is 2.37. The van der Waals surface area contributed by atoms with Gasteiger partial charge in [0.1, 0.15) is 0 Å². The van der Waals surface area contributed by atoms with Crippen LogP contribution in [0.5, 0.6) is 0 Å². The van der Waals surface area contributed by atoms with E-state index in [1.165, 1.54) is 4.68 Å². The molecule has 4 rings (SSSR count). The van der Waals surface area contributed by atoms with E-state index in [1.54, 1.807) is 6.20 Å². The van der Waals surface area contributed by atoms with Crippen molar-refractivity contribution in [1.29, 1.82) is 0 Å². The summed E-state index contributed by atoms with van der Waals surface area (Å²) in [6.07, 6.45) is 6.57. The van der Waals surface area contributed by atoms with E-state index in [1.807, 2.05) is 34.3 Å². The highest BCUT2D eigenvalue weighted by atomic mass is 16.2. The van der Waals surface area contributed by atoms with Crippen LogP contribution in [0.1, 0.15) is 22.4 Å². The number of hydrogen-bond donors (Lipinski definition) is 1. The van der Waals surface area contributed by atoms with Crippen LogP contribution in [0, 0.1) is 0 Å². The van der Waals surface area contributed by atoms with E-state index in [4.69, 9.17) is 5.73 Å². The molecule has 30 heavy (non-hydrogen) atoms. The molecule has 0 saturated heterocycles. The van der Waals surface area contributed by atoms with E-state index in [2.05, 4.69) is 69.5 Å². The summed E-state index contributed by atoms with van der Waals surface area (Å²) in [6.45, 7) is 0. The maximum atomic E-state index is 11.9. The van der Waals surface area contributed by atoms with Gasteiger partial charge in [-0.2, -0.15) is 9.78 Å². The molecule has 1 aromatic heterocycles. The molecule has 154 valence electrons. The van der Waals surface area contributed by atoms with Crippen LogP contribution < -0.4 is 15.5 Å². The molecule has 0 spiro atoms. The Morgan fingerprint density at radius 1 is 0.933 bits per heavy atom. The first-order valence-corrected chi connectivity index (χ1v) is 9.93. The van der Waals surface area contributed by atoms with Crippen molar-refractivity contribution in [2.24, 2.45) is 5.73 Å². The Hall–Kier alpha value is -3.54. The number of nitrogens with zero attached hydrogens (tertiary/aromatic N) is 4. The highest BCUT2D eigenvalue weighted by Crippen LogP contribution is 2.42. The molecule has 0 unspecified atom stereocenters. The van der Waals surface area contributed by atoms with E-state index in [0.717, 1.165) is 33.8 Å². The summed E-state index contributed by atoms with van der Waals surface area (Å²) in [7, 11) is 8.12. The maximum absolute atomic E-state index is 11.9. The molecule has 3 aromatic rings. The number of amides is 1. The normalized spacial score (nSPS) is 14.3. The zero-order valence-corrected chi connectivity index (χ0v) is 17.8.